The molecular formula is C13H15BrF3N3O2. The maximum atomic E-state index is 12.0. The van der Waals surface area contributed by atoms with E-state index in [0.29, 0.717) is 5.56 Å². The summed E-state index contributed by atoms with van der Waals surface area (Å²) in [5.41, 5.74) is 5.01. The highest BCUT2D eigenvalue weighted by Gasteiger charge is 2.31. The number of carbonyl (C=O) groups excluding carboxylic acids is 2. The van der Waals surface area contributed by atoms with Crippen molar-refractivity contribution in [1.29, 1.82) is 0 Å². The molecular weight excluding hydrogens is 367 g/mol. The van der Waals surface area contributed by atoms with Crippen molar-refractivity contribution in [2.75, 3.05) is 13.1 Å². The highest BCUT2D eigenvalue weighted by molar-refractivity contribution is 9.10. The Morgan fingerprint density at radius 1 is 1.18 bits per heavy atom. The summed E-state index contributed by atoms with van der Waals surface area (Å²) in [5, 5.41) is 3.87. The van der Waals surface area contributed by atoms with Crippen molar-refractivity contribution in [3.63, 3.8) is 0 Å². The van der Waals surface area contributed by atoms with E-state index in [4.69, 9.17) is 5.73 Å². The van der Waals surface area contributed by atoms with Gasteiger partial charge in [-0.15, -0.1) is 0 Å². The van der Waals surface area contributed by atoms with Crippen molar-refractivity contribution >= 4 is 27.7 Å². The molecule has 0 fully saturated rings. The predicted molar refractivity (Wildman–Crippen MR) is 77.8 cm³/mol. The largest absolute Gasteiger partial charge is 0.405 e. The molecule has 0 aliphatic rings. The number of nitrogens with one attached hydrogen (secondary N) is 2. The molecule has 1 aromatic rings. The van der Waals surface area contributed by atoms with E-state index < -0.39 is 36.6 Å². The number of hydrogen-bond donors (Lipinski definition) is 3. The molecule has 1 unspecified atom stereocenters. The molecule has 0 saturated carbocycles. The van der Waals surface area contributed by atoms with Crippen LogP contribution in [0.4, 0.5) is 13.2 Å². The maximum Gasteiger partial charge on any atom is 0.405 e. The fourth-order valence-electron chi connectivity index (χ4n) is 1.53. The Morgan fingerprint density at radius 2 is 1.73 bits per heavy atom. The van der Waals surface area contributed by atoms with E-state index in [0.717, 1.165) is 4.47 Å². The zero-order chi connectivity index (χ0) is 17.0. The number of hydrogen-bond acceptors (Lipinski definition) is 3. The number of amides is 2. The molecule has 1 rings (SSSR count). The van der Waals surface area contributed by atoms with Gasteiger partial charge >= 0.3 is 6.18 Å². The molecule has 2 amide bonds. The SMILES string of the molecule is CC(N)(C(=O)NCC(=O)NCC(F)(F)F)c1ccc(Br)cc1. The molecule has 4 N–H and O–H groups in total. The van der Waals surface area contributed by atoms with E-state index in [1.54, 1.807) is 29.6 Å². The minimum Gasteiger partial charge on any atom is -0.345 e. The number of alkyl halides is 3. The Hall–Kier alpha value is -1.61. The van der Waals surface area contributed by atoms with Gasteiger partial charge in [-0.1, -0.05) is 28.1 Å². The minimum atomic E-state index is -4.50. The van der Waals surface area contributed by atoms with Crippen LogP contribution >= 0.6 is 15.9 Å². The van der Waals surface area contributed by atoms with Gasteiger partial charge in [0.05, 0.1) is 6.54 Å². The quantitative estimate of drug-likeness (QED) is 0.720. The topological polar surface area (TPSA) is 84.2 Å². The predicted octanol–water partition coefficient (Wildman–Crippen LogP) is 1.42. The molecule has 0 bridgehead atoms. The zero-order valence-electron chi connectivity index (χ0n) is 11.6. The van der Waals surface area contributed by atoms with Crippen molar-refractivity contribution in [1.82, 2.24) is 10.6 Å². The van der Waals surface area contributed by atoms with E-state index in [-0.39, 0.29) is 0 Å². The first kappa shape index (κ1) is 18.4. The number of nitrogens with two attached hydrogens (primary N) is 1. The average Bonchev–Trinajstić information content (AvgIpc) is 2.42. The molecule has 5 nitrogen and oxygen atoms in total. The van der Waals surface area contributed by atoms with Gasteiger partial charge in [-0.25, -0.2) is 0 Å². The highest BCUT2D eigenvalue weighted by Crippen LogP contribution is 2.20. The van der Waals surface area contributed by atoms with E-state index in [1.165, 1.54) is 6.92 Å². The Labute approximate surface area is 133 Å². The van der Waals surface area contributed by atoms with Gasteiger partial charge < -0.3 is 16.4 Å². The van der Waals surface area contributed by atoms with Crippen LogP contribution in [0.25, 0.3) is 0 Å². The Bertz CT molecular complexity index is 544. The van der Waals surface area contributed by atoms with Gasteiger partial charge in [0.25, 0.3) is 0 Å². The van der Waals surface area contributed by atoms with Crippen LogP contribution in [0.15, 0.2) is 28.7 Å². The fourth-order valence-corrected chi connectivity index (χ4v) is 1.80. The maximum absolute atomic E-state index is 12.0. The van der Waals surface area contributed by atoms with Crippen LogP contribution in [0.2, 0.25) is 0 Å². The van der Waals surface area contributed by atoms with Crippen molar-refractivity contribution in [2.24, 2.45) is 5.73 Å². The lowest BCUT2D eigenvalue weighted by molar-refractivity contribution is -0.138. The van der Waals surface area contributed by atoms with Gasteiger partial charge in [0.1, 0.15) is 12.1 Å². The zero-order valence-corrected chi connectivity index (χ0v) is 13.2. The van der Waals surface area contributed by atoms with Crippen LogP contribution in [-0.2, 0) is 15.1 Å². The fraction of sp³-hybridized carbons (Fsp3) is 0.385. The molecule has 1 aromatic carbocycles. The standard InChI is InChI=1S/C13H15BrF3N3O2/c1-12(18,8-2-4-9(14)5-3-8)11(22)19-6-10(21)20-7-13(15,16)17/h2-5H,6-7,18H2,1H3,(H,19,22)(H,20,21). The van der Waals surface area contributed by atoms with Crippen molar-refractivity contribution < 1.29 is 22.8 Å². The van der Waals surface area contributed by atoms with E-state index >= 15 is 0 Å². The minimum absolute atomic E-state index is 0.504. The molecule has 0 saturated heterocycles. The summed E-state index contributed by atoms with van der Waals surface area (Å²) in [6.07, 6.45) is -4.50. The molecule has 0 radical (unpaired) electrons. The molecule has 0 aliphatic heterocycles. The van der Waals surface area contributed by atoms with Crippen LogP contribution in [0.1, 0.15) is 12.5 Å². The van der Waals surface area contributed by atoms with Gasteiger partial charge in [0.15, 0.2) is 0 Å². The summed E-state index contributed by atoms with van der Waals surface area (Å²) < 4.78 is 36.6. The van der Waals surface area contributed by atoms with Crippen molar-refractivity contribution in [2.45, 2.75) is 18.6 Å². The summed E-state index contributed by atoms with van der Waals surface area (Å²) in [7, 11) is 0. The summed E-state index contributed by atoms with van der Waals surface area (Å²) >= 11 is 3.25. The summed E-state index contributed by atoms with van der Waals surface area (Å²) in [6.45, 7) is -0.592. The third-order valence-electron chi connectivity index (χ3n) is 2.81. The number of carbonyl (C=O) groups is 2. The number of rotatable bonds is 5. The summed E-state index contributed by atoms with van der Waals surface area (Å²) in [5.74, 6) is -1.62. The molecule has 0 heterocycles. The van der Waals surface area contributed by atoms with Crippen LogP contribution in [0, 0.1) is 0 Å². The molecule has 22 heavy (non-hydrogen) atoms. The van der Waals surface area contributed by atoms with Crippen LogP contribution in [-0.4, -0.2) is 31.1 Å². The first-order valence-electron chi connectivity index (χ1n) is 6.19. The highest BCUT2D eigenvalue weighted by atomic mass is 79.9. The van der Waals surface area contributed by atoms with Gasteiger partial charge in [-0.3, -0.25) is 9.59 Å². The van der Waals surface area contributed by atoms with Crippen molar-refractivity contribution in [3.8, 4) is 0 Å². The molecule has 9 heteroatoms. The lowest BCUT2D eigenvalue weighted by Gasteiger charge is -2.24. The van der Waals surface area contributed by atoms with Gasteiger partial charge in [-0.05, 0) is 24.6 Å². The van der Waals surface area contributed by atoms with Crippen LogP contribution in [0.3, 0.4) is 0 Å². The van der Waals surface area contributed by atoms with E-state index in [2.05, 4.69) is 21.2 Å². The smallest absolute Gasteiger partial charge is 0.345 e. The normalized spacial score (nSPS) is 14.1. The Kier molecular flexibility index (Phi) is 5.95. The van der Waals surface area contributed by atoms with E-state index in [1.807, 2.05) is 0 Å². The Morgan fingerprint density at radius 3 is 2.23 bits per heavy atom. The second kappa shape index (κ2) is 7.10. The first-order valence-corrected chi connectivity index (χ1v) is 6.98. The van der Waals surface area contributed by atoms with Gasteiger partial charge in [0.2, 0.25) is 11.8 Å². The van der Waals surface area contributed by atoms with Gasteiger partial charge in [-0.2, -0.15) is 13.2 Å². The third kappa shape index (κ3) is 5.64. The molecule has 0 aliphatic carbocycles. The van der Waals surface area contributed by atoms with Crippen LogP contribution < -0.4 is 16.4 Å². The summed E-state index contributed by atoms with van der Waals surface area (Å²) in [4.78, 5) is 23.2. The van der Waals surface area contributed by atoms with Gasteiger partial charge in [0, 0.05) is 4.47 Å². The molecule has 0 aromatic heterocycles. The number of halogens is 4. The second-order valence-electron chi connectivity index (χ2n) is 4.78. The third-order valence-corrected chi connectivity index (χ3v) is 3.34. The average molecular weight is 382 g/mol. The molecule has 1 atom stereocenters. The van der Waals surface area contributed by atoms with Crippen LogP contribution in [0.5, 0.6) is 0 Å². The van der Waals surface area contributed by atoms with E-state index in [9.17, 15) is 22.8 Å². The van der Waals surface area contributed by atoms with Crippen molar-refractivity contribution in [3.05, 3.63) is 34.3 Å². The monoisotopic (exact) mass is 381 g/mol. The lowest BCUT2D eigenvalue weighted by Crippen LogP contribution is -2.51. The summed E-state index contributed by atoms with van der Waals surface area (Å²) in [6, 6.07) is 6.66. The first-order chi connectivity index (χ1) is 10.0. The number of benzene rings is 1. The molecule has 122 valence electrons. The lowest BCUT2D eigenvalue weighted by atomic mass is 9.92. The Balaban J connectivity index is 2.57. The molecule has 0 spiro atoms. The second-order valence-corrected chi connectivity index (χ2v) is 5.70.